The second kappa shape index (κ2) is 9.63. The van der Waals surface area contributed by atoms with Gasteiger partial charge in [-0.1, -0.05) is 36.9 Å². The van der Waals surface area contributed by atoms with E-state index in [-0.39, 0.29) is 29.4 Å². The fourth-order valence-corrected chi connectivity index (χ4v) is 3.77. The molecular formula is C23H26N2O6. The maximum Gasteiger partial charge on any atom is 0.416 e. The Bertz CT molecular complexity index is 977. The number of anilines is 1. The predicted octanol–water partition coefficient (Wildman–Crippen LogP) is 2.72. The summed E-state index contributed by atoms with van der Waals surface area (Å²) in [4.78, 5) is 27.6. The lowest BCUT2D eigenvalue weighted by Gasteiger charge is -2.41. The van der Waals surface area contributed by atoms with Gasteiger partial charge in [-0.3, -0.25) is 9.69 Å². The smallest absolute Gasteiger partial charge is 0.416 e. The number of ether oxygens (including phenoxy) is 2. The topological polar surface area (TPSA) is 99.5 Å². The number of rotatable bonds is 7. The summed E-state index contributed by atoms with van der Waals surface area (Å²) in [5.41, 5.74) is 2.28. The number of phenols is 1. The maximum atomic E-state index is 12.9. The highest BCUT2D eigenvalue weighted by molar-refractivity contribution is 5.96. The van der Waals surface area contributed by atoms with E-state index in [9.17, 15) is 19.8 Å². The van der Waals surface area contributed by atoms with Crippen molar-refractivity contribution >= 4 is 18.1 Å². The molecule has 2 aromatic carbocycles. The van der Waals surface area contributed by atoms with Crippen LogP contribution in [-0.4, -0.2) is 60.5 Å². The molecule has 2 aromatic rings. The minimum absolute atomic E-state index is 0.0159. The van der Waals surface area contributed by atoms with Crippen molar-refractivity contribution in [3.05, 3.63) is 65.7 Å². The van der Waals surface area contributed by atoms with E-state index in [1.54, 1.807) is 0 Å². The molecule has 0 fully saturated rings. The van der Waals surface area contributed by atoms with Crippen LogP contribution in [0.4, 0.5) is 10.5 Å². The lowest BCUT2D eigenvalue weighted by atomic mass is 9.93. The zero-order chi connectivity index (χ0) is 22.5. The molecule has 0 saturated heterocycles. The maximum absolute atomic E-state index is 12.9. The van der Waals surface area contributed by atoms with E-state index in [4.69, 9.17) is 9.47 Å². The highest BCUT2D eigenvalue weighted by Gasteiger charge is 2.37. The van der Waals surface area contributed by atoms with Gasteiger partial charge in [-0.15, -0.1) is 0 Å². The van der Waals surface area contributed by atoms with Gasteiger partial charge in [-0.05, 0) is 30.7 Å². The van der Waals surface area contributed by atoms with E-state index in [1.165, 1.54) is 25.3 Å². The minimum atomic E-state index is -1.36. The van der Waals surface area contributed by atoms with Gasteiger partial charge < -0.3 is 19.7 Å². The van der Waals surface area contributed by atoms with Gasteiger partial charge in [-0.2, -0.15) is 0 Å². The molecule has 2 unspecified atom stereocenters. The number of methoxy groups -OCH3 is 1. The molecule has 1 amide bonds. The first-order chi connectivity index (χ1) is 14.9. The highest BCUT2D eigenvalue weighted by Crippen LogP contribution is 2.36. The van der Waals surface area contributed by atoms with Crippen molar-refractivity contribution in [1.29, 1.82) is 0 Å². The molecule has 0 saturated carbocycles. The number of carbonyl (C=O) groups is 2. The number of hydrogen-bond acceptors (Lipinski definition) is 7. The zero-order valence-electron chi connectivity index (χ0n) is 17.5. The molecule has 1 aliphatic heterocycles. The van der Waals surface area contributed by atoms with E-state index in [0.717, 1.165) is 16.0 Å². The number of aromatic hydroxyl groups is 1. The van der Waals surface area contributed by atoms with Crippen LogP contribution < -0.4 is 9.64 Å². The lowest BCUT2D eigenvalue weighted by molar-refractivity contribution is 0.0467. The largest absolute Gasteiger partial charge is 0.504 e. The van der Waals surface area contributed by atoms with Crippen molar-refractivity contribution in [2.24, 2.45) is 0 Å². The van der Waals surface area contributed by atoms with E-state index >= 15 is 0 Å². The molecule has 31 heavy (non-hydrogen) atoms. The lowest BCUT2D eigenvalue weighted by Crippen LogP contribution is -2.55. The number of hydrogen-bond donors (Lipinski definition) is 2. The van der Waals surface area contributed by atoms with Crippen molar-refractivity contribution < 1.29 is 29.3 Å². The Labute approximate surface area is 180 Å². The van der Waals surface area contributed by atoms with Crippen LogP contribution in [0.15, 0.2) is 49.1 Å². The fraction of sp³-hybridized carbons (Fsp3) is 0.304. The Kier molecular flexibility index (Phi) is 6.94. The van der Waals surface area contributed by atoms with Crippen molar-refractivity contribution in [3.8, 4) is 11.5 Å². The summed E-state index contributed by atoms with van der Waals surface area (Å²) in [7, 11) is 3.20. The number of amides is 1. The minimum Gasteiger partial charge on any atom is -0.504 e. The molecule has 0 radical (unpaired) electrons. The van der Waals surface area contributed by atoms with Gasteiger partial charge in [0.2, 0.25) is 0 Å². The van der Waals surface area contributed by atoms with Gasteiger partial charge in [0.1, 0.15) is 6.61 Å². The van der Waals surface area contributed by atoms with Gasteiger partial charge in [0.05, 0.1) is 18.8 Å². The molecule has 0 aromatic heterocycles. The first-order valence-electron chi connectivity index (χ1n) is 9.79. The van der Waals surface area contributed by atoms with E-state index < -0.39 is 18.4 Å². The number of aliphatic hydroxyl groups is 1. The normalized spacial score (nSPS) is 16.7. The molecular weight excluding hydrogens is 400 g/mol. The van der Waals surface area contributed by atoms with Crippen molar-refractivity contribution in [2.75, 3.05) is 25.7 Å². The van der Waals surface area contributed by atoms with Gasteiger partial charge in [0.25, 0.3) is 0 Å². The Morgan fingerprint density at radius 3 is 2.71 bits per heavy atom. The fourth-order valence-electron chi connectivity index (χ4n) is 3.77. The Morgan fingerprint density at radius 2 is 2.06 bits per heavy atom. The predicted molar refractivity (Wildman–Crippen MR) is 115 cm³/mol. The van der Waals surface area contributed by atoms with Crippen LogP contribution in [0.25, 0.3) is 0 Å². The van der Waals surface area contributed by atoms with Crippen molar-refractivity contribution in [1.82, 2.24) is 4.90 Å². The number of likely N-dealkylation sites (N-methyl/N-ethyl adjacent to an activating group) is 1. The number of aliphatic hydroxyl groups excluding tert-OH is 1. The Hall–Kier alpha value is -3.36. The van der Waals surface area contributed by atoms with E-state index in [2.05, 4.69) is 6.58 Å². The molecule has 1 aliphatic rings. The summed E-state index contributed by atoms with van der Waals surface area (Å²) >= 11 is 0. The third kappa shape index (κ3) is 4.55. The van der Waals surface area contributed by atoms with Crippen molar-refractivity contribution in [2.45, 2.75) is 25.2 Å². The molecule has 2 atom stereocenters. The van der Waals surface area contributed by atoms with Gasteiger partial charge in [-0.25, -0.2) is 9.69 Å². The van der Waals surface area contributed by atoms with Gasteiger partial charge in [0.15, 0.2) is 24.0 Å². The molecule has 0 aliphatic carbocycles. The summed E-state index contributed by atoms with van der Waals surface area (Å²) in [6.45, 7) is 4.03. The quantitative estimate of drug-likeness (QED) is 0.399. The van der Waals surface area contributed by atoms with Gasteiger partial charge in [0, 0.05) is 18.2 Å². The number of benzene rings is 2. The number of fused-ring (bicyclic) bond motifs is 1. The Morgan fingerprint density at radius 1 is 1.35 bits per heavy atom. The second-order valence-corrected chi connectivity index (χ2v) is 7.31. The molecule has 8 heteroatoms. The monoisotopic (exact) mass is 426 g/mol. The SMILES string of the molecule is C=CCOC(=O)N(c1cc(O)c(OC)cc1C=O)C(O)C1Cc2ccccc2CN1C. The van der Waals surface area contributed by atoms with Crippen LogP contribution in [0.3, 0.4) is 0 Å². The second-order valence-electron chi connectivity index (χ2n) is 7.31. The standard InChI is InChI=1S/C23H26N2O6/c1-4-9-31-23(29)25(18-12-20(27)21(30-3)11-17(18)14-26)22(28)19-10-15-7-5-6-8-16(15)13-24(19)2/h4-8,11-12,14,19,22,27-28H,1,9-10,13H2,2-3H3. The number of carbonyl (C=O) groups excluding carboxylic acids is 2. The molecule has 8 nitrogen and oxygen atoms in total. The average Bonchev–Trinajstić information content (AvgIpc) is 2.77. The third-order valence-corrected chi connectivity index (χ3v) is 5.38. The number of nitrogens with zero attached hydrogens (tertiary/aromatic N) is 2. The summed E-state index contributed by atoms with van der Waals surface area (Å²) in [5, 5.41) is 21.6. The van der Waals surface area contributed by atoms with Gasteiger partial charge >= 0.3 is 6.09 Å². The highest BCUT2D eigenvalue weighted by atomic mass is 16.6. The molecule has 0 spiro atoms. The third-order valence-electron chi connectivity index (χ3n) is 5.38. The van der Waals surface area contributed by atoms with Crippen LogP contribution >= 0.6 is 0 Å². The van der Waals surface area contributed by atoms with Crippen LogP contribution in [-0.2, 0) is 17.7 Å². The Balaban J connectivity index is 2.04. The molecule has 3 rings (SSSR count). The summed E-state index contributed by atoms with van der Waals surface area (Å²) in [6, 6.07) is 9.93. The molecule has 1 heterocycles. The number of phenolic OH excluding ortho intramolecular Hbond substituents is 1. The molecule has 164 valence electrons. The molecule has 2 N–H and O–H groups in total. The van der Waals surface area contributed by atoms with Crippen LogP contribution in [0.1, 0.15) is 21.5 Å². The summed E-state index contributed by atoms with van der Waals surface area (Å²) < 4.78 is 10.2. The van der Waals surface area contributed by atoms with E-state index in [0.29, 0.717) is 19.3 Å². The van der Waals surface area contributed by atoms with E-state index in [1.807, 2.05) is 36.2 Å². The first-order valence-corrected chi connectivity index (χ1v) is 9.79. The number of aldehydes is 1. The summed E-state index contributed by atoms with van der Waals surface area (Å²) in [6.07, 6.45) is 0.182. The van der Waals surface area contributed by atoms with Crippen LogP contribution in [0, 0.1) is 0 Å². The average molecular weight is 426 g/mol. The van der Waals surface area contributed by atoms with Crippen LogP contribution in [0.5, 0.6) is 11.5 Å². The van der Waals surface area contributed by atoms with Crippen molar-refractivity contribution in [3.63, 3.8) is 0 Å². The molecule has 0 bridgehead atoms. The van der Waals surface area contributed by atoms with Crippen LogP contribution in [0.2, 0.25) is 0 Å². The first kappa shape index (κ1) is 22.3. The summed E-state index contributed by atoms with van der Waals surface area (Å²) in [5.74, 6) is -0.206. The zero-order valence-corrected chi connectivity index (χ0v) is 17.5.